The van der Waals surface area contributed by atoms with Crippen LogP contribution in [0, 0.1) is 11.8 Å². The molecule has 3 rings (SSSR count). The molecule has 0 saturated heterocycles. The number of carbonyl (C=O) groups is 2. The highest BCUT2D eigenvalue weighted by molar-refractivity contribution is 5.87. The summed E-state index contributed by atoms with van der Waals surface area (Å²) in [4.78, 5) is 21.3. The third-order valence-electron chi connectivity index (χ3n) is 8.33. The minimum atomic E-state index is -0.574. The summed E-state index contributed by atoms with van der Waals surface area (Å²) in [7, 11) is 1.64. The summed E-state index contributed by atoms with van der Waals surface area (Å²) in [5.74, 6) is 1.23. The second-order valence-corrected chi connectivity index (χ2v) is 11.7. The Kier molecular flexibility index (Phi) is 17.5. The molecule has 43 heavy (non-hydrogen) atoms. The van der Waals surface area contributed by atoms with E-state index in [9.17, 15) is 9.59 Å². The number of aldehydes is 1. The number of aliphatic hydroxyl groups is 2. The van der Waals surface area contributed by atoms with Crippen molar-refractivity contribution in [3.8, 4) is 11.1 Å². The maximum Gasteiger partial charge on any atom is 0.335 e. The molecule has 0 aliphatic heterocycles. The number of unbranched alkanes of at least 4 members (excludes halogenated alkanes) is 2. The molecule has 6 heteroatoms. The van der Waals surface area contributed by atoms with E-state index in [1.165, 1.54) is 80.9 Å². The second-order valence-electron chi connectivity index (χ2n) is 11.7. The third kappa shape index (κ3) is 13.4. The monoisotopic (exact) mass is 592 g/mol. The molecule has 2 N–H and O–H groups in total. The van der Waals surface area contributed by atoms with Gasteiger partial charge in [0.15, 0.2) is 0 Å². The lowest BCUT2D eigenvalue weighted by Crippen LogP contribution is -2.18. The van der Waals surface area contributed by atoms with E-state index in [0.29, 0.717) is 12.9 Å². The van der Waals surface area contributed by atoms with Crippen LogP contribution >= 0.6 is 0 Å². The van der Waals surface area contributed by atoms with Gasteiger partial charge >= 0.3 is 5.97 Å². The van der Waals surface area contributed by atoms with Gasteiger partial charge in [-0.25, -0.2) is 4.79 Å². The van der Waals surface area contributed by atoms with E-state index in [1.807, 2.05) is 0 Å². The molecule has 1 aliphatic rings. The van der Waals surface area contributed by atoms with E-state index >= 15 is 0 Å². The molecule has 236 valence electrons. The standard InChI is InChI=1S/C33H46O4.C4H6O2/c1-4-5-6-7-26-8-10-27(11-9-26)12-13-28-14-16-29(17-15-28)30-18-20-31(21-19-30)32(23-36-3)24-37-33(35)25(2)22-34;1-4(2-5)3-6/h14-21,26-27,32,34H,2,4-13,22-24H2,1,3H3;2,6H,1,3H2. The van der Waals surface area contributed by atoms with E-state index < -0.39 is 12.6 Å². The molecule has 2 aromatic rings. The highest BCUT2D eigenvalue weighted by Crippen LogP contribution is 2.34. The van der Waals surface area contributed by atoms with Gasteiger partial charge in [0.05, 0.1) is 25.4 Å². The largest absolute Gasteiger partial charge is 0.462 e. The minimum Gasteiger partial charge on any atom is -0.462 e. The lowest BCUT2D eigenvalue weighted by Gasteiger charge is -2.28. The fraction of sp³-hybridized carbons (Fsp3) is 0.514. The number of aliphatic hydroxyl groups excluding tert-OH is 2. The van der Waals surface area contributed by atoms with Gasteiger partial charge < -0.3 is 19.7 Å². The number of hydrogen-bond acceptors (Lipinski definition) is 6. The first-order valence-corrected chi connectivity index (χ1v) is 15.7. The summed E-state index contributed by atoms with van der Waals surface area (Å²) >= 11 is 0. The Bertz CT molecular complexity index is 1100. The maximum absolute atomic E-state index is 11.9. The lowest BCUT2D eigenvalue weighted by atomic mass is 9.78. The zero-order valence-electron chi connectivity index (χ0n) is 26.3. The minimum absolute atomic E-state index is 0.0557. The number of benzene rings is 2. The Morgan fingerprint density at radius 1 is 0.884 bits per heavy atom. The highest BCUT2D eigenvalue weighted by atomic mass is 16.5. The predicted octanol–water partition coefficient (Wildman–Crippen LogP) is 7.23. The van der Waals surface area contributed by atoms with Gasteiger partial charge in [-0.15, -0.1) is 0 Å². The van der Waals surface area contributed by atoms with Crippen molar-refractivity contribution in [3.05, 3.63) is 84.0 Å². The van der Waals surface area contributed by atoms with E-state index in [-0.39, 0.29) is 30.3 Å². The Morgan fingerprint density at radius 3 is 1.95 bits per heavy atom. The normalized spacial score (nSPS) is 16.8. The van der Waals surface area contributed by atoms with Crippen molar-refractivity contribution in [3.63, 3.8) is 0 Å². The van der Waals surface area contributed by atoms with Gasteiger partial charge in [0, 0.05) is 18.6 Å². The number of rotatable bonds is 17. The van der Waals surface area contributed by atoms with E-state index in [1.54, 1.807) is 7.11 Å². The Morgan fingerprint density at radius 2 is 1.47 bits per heavy atom. The Hall–Kier alpha value is -3.06. The zero-order valence-corrected chi connectivity index (χ0v) is 26.3. The molecule has 1 unspecified atom stereocenters. The van der Waals surface area contributed by atoms with Gasteiger partial charge in [-0.2, -0.15) is 0 Å². The van der Waals surface area contributed by atoms with Gasteiger partial charge in [-0.05, 0) is 46.9 Å². The van der Waals surface area contributed by atoms with Gasteiger partial charge in [0.1, 0.15) is 12.9 Å². The summed E-state index contributed by atoms with van der Waals surface area (Å²) in [6.45, 7) is 8.97. The van der Waals surface area contributed by atoms with Gasteiger partial charge in [0.2, 0.25) is 0 Å². The average molecular weight is 593 g/mol. The molecule has 0 radical (unpaired) electrons. The summed E-state index contributed by atoms with van der Waals surface area (Å²) < 4.78 is 10.6. The first kappa shape index (κ1) is 36.1. The highest BCUT2D eigenvalue weighted by Gasteiger charge is 2.21. The molecule has 1 fully saturated rings. The van der Waals surface area contributed by atoms with Crippen LogP contribution in [-0.2, 0) is 25.5 Å². The van der Waals surface area contributed by atoms with Crippen LogP contribution in [0.5, 0.6) is 0 Å². The van der Waals surface area contributed by atoms with Crippen LogP contribution in [0.25, 0.3) is 11.1 Å². The first-order valence-electron chi connectivity index (χ1n) is 15.7. The molecule has 0 aromatic heterocycles. The van der Waals surface area contributed by atoms with Crippen LogP contribution < -0.4 is 0 Å². The number of hydrogen-bond donors (Lipinski definition) is 2. The zero-order chi connectivity index (χ0) is 31.5. The van der Waals surface area contributed by atoms with Crippen LogP contribution in [-0.4, -0.2) is 56.0 Å². The number of ether oxygens (including phenoxy) is 2. The molecule has 1 saturated carbocycles. The summed E-state index contributed by atoms with van der Waals surface area (Å²) in [5, 5.41) is 17.1. The van der Waals surface area contributed by atoms with Crippen LogP contribution in [0.2, 0.25) is 0 Å². The predicted molar refractivity (Wildman–Crippen MR) is 174 cm³/mol. The van der Waals surface area contributed by atoms with Gasteiger partial charge in [-0.1, -0.05) is 120 Å². The van der Waals surface area contributed by atoms with Crippen molar-refractivity contribution < 1.29 is 29.3 Å². The number of esters is 1. The van der Waals surface area contributed by atoms with E-state index in [2.05, 4.69) is 68.6 Å². The molecule has 1 aliphatic carbocycles. The van der Waals surface area contributed by atoms with E-state index in [4.69, 9.17) is 19.7 Å². The van der Waals surface area contributed by atoms with E-state index in [0.717, 1.165) is 17.4 Å². The number of aryl methyl sites for hydroxylation is 1. The summed E-state index contributed by atoms with van der Waals surface area (Å²) in [6.07, 6.45) is 14.3. The maximum atomic E-state index is 11.9. The topological polar surface area (TPSA) is 93.1 Å². The van der Waals surface area contributed by atoms with Crippen molar-refractivity contribution in [2.75, 3.05) is 33.5 Å². The summed E-state index contributed by atoms with van der Waals surface area (Å²) in [5.41, 5.74) is 5.12. The molecule has 0 amide bonds. The van der Waals surface area contributed by atoms with Gasteiger partial charge in [-0.3, -0.25) is 4.79 Å². The molecule has 0 heterocycles. The average Bonchev–Trinajstić information content (AvgIpc) is 3.06. The number of carbonyl (C=O) groups excluding carboxylic acids is 2. The molecule has 6 nitrogen and oxygen atoms in total. The SMILES string of the molecule is C=C(C=O)CO.C=C(CO)C(=O)OCC(COC)c1ccc(-c2ccc(CCC3CCC(CCCCC)CC3)cc2)cc1. The third-order valence-corrected chi connectivity index (χ3v) is 8.33. The molecule has 1 atom stereocenters. The lowest BCUT2D eigenvalue weighted by molar-refractivity contribution is -0.140. The summed E-state index contributed by atoms with van der Waals surface area (Å²) in [6, 6.07) is 17.4. The quantitative estimate of drug-likeness (QED) is 0.0871. The Balaban J connectivity index is 0.000000973. The number of methoxy groups -OCH3 is 1. The van der Waals surface area contributed by atoms with Crippen molar-refractivity contribution in [1.82, 2.24) is 0 Å². The van der Waals surface area contributed by atoms with Crippen LogP contribution in [0.3, 0.4) is 0 Å². The van der Waals surface area contributed by atoms with Gasteiger partial charge in [0.25, 0.3) is 0 Å². The Labute approximate surface area is 258 Å². The van der Waals surface area contributed by atoms with Crippen molar-refractivity contribution in [2.45, 2.75) is 77.0 Å². The molecular formula is C37H52O6. The molecule has 2 aromatic carbocycles. The smallest absolute Gasteiger partial charge is 0.335 e. The van der Waals surface area contributed by atoms with Crippen molar-refractivity contribution >= 4 is 12.3 Å². The molecule has 0 bridgehead atoms. The second kappa shape index (κ2) is 20.8. The molecule has 0 spiro atoms. The van der Waals surface area contributed by atoms with Crippen molar-refractivity contribution in [2.24, 2.45) is 11.8 Å². The fourth-order valence-corrected chi connectivity index (χ4v) is 5.50. The molecular weight excluding hydrogens is 540 g/mol. The van der Waals surface area contributed by atoms with Crippen LogP contribution in [0.4, 0.5) is 0 Å². The van der Waals surface area contributed by atoms with Crippen molar-refractivity contribution in [1.29, 1.82) is 0 Å². The van der Waals surface area contributed by atoms with Crippen LogP contribution in [0.1, 0.15) is 81.8 Å². The fourth-order valence-electron chi connectivity index (χ4n) is 5.50. The first-order chi connectivity index (χ1) is 20.8. The van der Waals surface area contributed by atoms with Crippen LogP contribution in [0.15, 0.2) is 72.8 Å².